The highest BCUT2D eigenvalue weighted by molar-refractivity contribution is 7.15. The quantitative estimate of drug-likeness (QED) is 0.651. The molecular weight excluding hydrogens is 366 g/mol. The standard InChI is InChI=1S/C18H21N5OS2/c1-6-7-15-11(3)22-23(12(15)4)18-20-14(9-25-18)8-16(24)21-17-19-10(2)13(5)26-17/h6,9H,1,7-8H2,2-5H3,(H,19,21,24). The molecule has 0 spiro atoms. The van der Waals surface area contributed by atoms with Crippen LogP contribution >= 0.6 is 22.7 Å². The van der Waals surface area contributed by atoms with Gasteiger partial charge in [-0.1, -0.05) is 6.08 Å². The Hall–Kier alpha value is -2.32. The van der Waals surface area contributed by atoms with Gasteiger partial charge in [0.1, 0.15) is 0 Å². The molecule has 0 unspecified atom stereocenters. The fourth-order valence-electron chi connectivity index (χ4n) is 2.63. The number of carbonyl (C=O) groups is 1. The fraction of sp³-hybridized carbons (Fsp3) is 0.333. The first kappa shape index (κ1) is 18.5. The van der Waals surface area contributed by atoms with Crippen molar-refractivity contribution in [2.24, 2.45) is 0 Å². The Kier molecular flexibility index (Phi) is 5.33. The summed E-state index contributed by atoms with van der Waals surface area (Å²) >= 11 is 2.97. The fourth-order valence-corrected chi connectivity index (χ4v) is 4.29. The summed E-state index contributed by atoms with van der Waals surface area (Å²) in [6, 6.07) is 0. The summed E-state index contributed by atoms with van der Waals surface area (Å²) < 4.78 is 1.84. The van der Waals surface area contributed by atoms with Crippen molar-refractivity contribution in [1.82, 2.24) is 19.7 Å². The molecule has 0 saturated carbocycles. The van der Waals surface area contributed by atoms with E-state index in [4.69, 9.17) is 0 Å². The summed E-state index contributed by atoms with van der Waals surface area (Å²) in [6.45, 7) is 11.7. The summed E-state index contributed by atoms with van der Waals surface area (Å²) in [7, 11) is 0. The second kappa shape index (κ2) is 7.51. The summed E-state index contributed by atoms with van der Waals surface area (Å²) in [4.78, 5) is 22.3. The average molecular weight is 388 g/mol. The lowest BCUT2D eigenvalue weighted by molar-refractivity contribution is -0.115. The van der Waals surface area contributed by atoms with Crippen LogP contribution in [0, 0.1) is 27.7 Å². The second-order valence-corrected chi connectivity index (χ2v) is 8.10. The Morgan fingerprint density at radius 2 is 2.04 bits per heavy atom. The lowest BCUT2D eigenvalue weighted by Gasteiger charge is -2.01. The monoisotopic (exact) mass is 387 g/mol. The van der Waals surface area contributed by atoms with Crippen molar-refractivity contribution in [1.29, 1.82) is 0 Å². The number of anilines is 1. The number of aryl methyl sites for hydroxylation is 3. The van der Waals surface area contributed by atoms with Crippen LogP contribution in [0.4, 0.5) is 5.13 Å². The molecule has 136 valence electrons. The van der Waals surface area contributed by atoms with Crippen LogP contribution in [0.5, 0.6) is 0 Å². The first-order valence-corrected chi connectivity index (χ1v) is 9.93. The molecule has 0 aliphatic heterocycles. The number of nitrogens with zero attached hydrogens (tertiary/aromatic N) is 4. The van der Waals surface area contributed by atoms with Gasteiger partial charge in [-0.15, -0.1) is 29.3 Å². The SMILES string of the molecule is C=CCc1c(C)nn(-c2nc(CC(=O)Nc3nc(C)c(C)s3)cs2)c1C. The molecule has 3 heterocycles. The molecule has 1 amide bonds. The number of rotatable bonds is 6. The van der Waals surface area contributed by atoms with E-state index in [0.29, 0.717) is 5.13 Å². The Morgan fingerprint density at radius 1 is 1.27 bits per heavy atom. The van der Waals surface area contributed by atoms with Gasteiger partial charge in [0, 0.05) is 21.5 Å². The maximum absolute atomic E-state index is 12.2. The number of thiazole rings is 2. The minimum atomic E-state index is -0.115. The average Bonchev–Trinajstić information content (AvgIpc) is 3.22. The summed E-state index contributed by atoms with van der Waals surface area (Å²) in [5.74, 6) is -0.115. The molecule has 26 heavy (non-hydrogen) atoms. The van der Waals surface area contributed by atoms with Crippen LogP contribution in [-0.4, -0.2) is 25.7 Å². The number of hydrogen-bond donors (Lipinski definition) is 1. The van der Waals surface area contributed by atoms with Gasteiger partial charge >= 0.3 is 0 Å². The van der Waals surface area contributed by atoms with Crippen molar-refractivity contribution >= 4 is 33.7 Å². The van der Waals surface area contributed by atoms with Gasteiger partial charge in [0.25, 0.3) is 0 Å². The topological polar surface area (TPSA) is 72.7 Å². The zero-order valence-electron chi connectivity index (χ0n) is 15.3. The minimum Gasteiger partial charge on any atom is -0.302 e. The first-order chi connectivity index (χ1) is 12.4. The molecule has 1 N–H and O–H groups in total. The van der Waals surface area contributed by atoms with Gasteiger partial charge in [-0.2, -0.15) is 5.10 Å². The van der Waals surface area contributed by atoms with E-state index in [9.17, 15) is 4.79 Å². The third kappa shape index (κ3) is 3.76. The largest absolute Gasteiger partial charge is 0.302 e. The lowest BCUT2D eigenvalue weighted by atomic mass is 10.1. The van der Waals surface area contributed by atoms with Crippen molar-refractivity contribution in [3.63, 3.8) is 0 Å². The van der Waals surface area contributed by atoms with E-state index >= 15 is 0 Å². The molecule has 0 aromatic carbocycles. The van der Waals surface area contributed by atoms with E-state index in [2.05, 4.69) is 27.0 Å². The van der Waals surface area contributed by atoms with E-state index in [-0.39, 0.29) is 12.3 Å². The van der Waals surface area contributed by atoms with Crippen LogP contribution in [0.2, 0.25) is 0 Å². The molecule has 0 radical (unpaired) electrons. The highest BCUT2D eigenvalue weighted by Gasteiger charge is 2.16. The highest BCUT2D eigenvalue weighted by Crippen LogP contribution is 2.23. The van der Waals surface area contributed by atoms with Crippen LogP contribution in [0.15, 0.2) is 18.0 Å². The van der Waals surface area contributed by atoms with Crippen LogP contribution in [0.3, 0.4) is 0 Å². The van der Waals surface area contributed by atoms with Gasteiger partial charge in [-0.3, -0.25) is 4.79 Å². The number of amides is 1. The predicted octanol–water partition coefficient (Wildman–Crippen LogP) is 3.93. The van der Waals surface area contributed by atoms with Gasteiger partial charge < -0.3 is 5.32 Å². The molecule has 3 rings (SSSR count). The molecule has 8 heteroatoms. The Morgan fingerprint density at radius 3 is 2.69 bits per heavy atom. The normalized spacial score (nSPS) is 10.9. The summed E-state index contributed by atoms with van der Waals surface area (Å²) in [5, 5.41) is 10.7. The van der Waals surface area contributed by atoms with Gasteiger partial charge in [0.15, 0.2) is 5.13 Å². The Labute approximate surface area is 160 Å². The molecule has 0 aliphatic rings. The minimum absolute atomic E-state index is 0.115. The van der Waals surface area contributed by atoms with Gasteiger partial charge in [-0.05, 0) is 34.1 Å². The van der Waals surface area contributed by atoms with Crippen molar-refractivity contribution in [3.8, 4) is 5.13 Å². The third-order valence-corrected chi connectivity index (χ3v) is 5.98. The lowest BCUT2D eigenvalue weighted by Crippen LogP contribution is -2.14. The van der Waals surface area contributed by atoms with E-state index in [0.717, 1.165) is 39.2 Å². The number of nitrogens with one attached hydrogen (secondary N) is 1. The van der Waals surface area contributed by atoms with E-state index in [1.165, 1.54) is 28.2 Å². The van der Waals surface area contributed by atoms with Crippen LogP contribution in [0.1, 0.15) is 33.2 Å². The van der Waals surface area contributed by atoms with Gasteiger partial charge in [0.05, 0.1) is 23.5 Å². The Balaban J connectivity index is 1.73. The van der Waals surface area contributed by atoms with Gasteiger partial charge in [-0.25, -0.2) is 14.6 Å². The Bertz CT molecular complexity index is 947. The number of aromatic nitrogens is 4. The molecule has 0 bridgehead atoms. The number of carbonyl (C=O) groups excluding carboxylic acids is 1. The zero-order chi connectivity index (χ0) is 18.8. The molecule has 3 aromatic rings. The molecule has 0 saturated heterocycles. The van der Waals surface area contributed by atoms with Crippen molar-refractivity contribution < 1.29 is 4.79 Å². The number of allylic oxidation sites excluding steroid dienone is 1. The maximum atomic E-state index is 12.2. The molecule has 6 nitrogen and oxygen atoms in total. The molecular formula is C18H21N5OS2. The van der Waals surface area contributed by atoms with E-state index < -0.39 is 0 Å². The predicted molar refractivity (Wildman–Crippen MR) is 107 cm³/mol. The number of hydrogen-bond acceptors (Lipinski definition) is 6. The van der Waals surface area contributed by atoms with Crippen LogP contribution in [-0.2, 0) is 17.6 Å². The van der Waals surface area contributed by atoms with Crippen LogP contribution in [0.25, 0.3) is 5.13 Å². The van der Waals surface area contributed by atoms with E-state index in [1.54, 1.807) is 0 Å². The summed E-state index contributed by atoms with van der Waals surface area (Å²) in [6.07, 6.45) is 2.87. The van der Waals surface area contributed by atoms with Crippen LogP contribution < -0.4 is 5.32 Å². The maximum Gasteiger partial charge on any atom is 0.232 e. The zero-order valence-corrected chi connectivity index (χ0v) is 16.9. The first-order valence-electron chi connectivity index (χ1n) is 8.23. The van der Waals surface area contributed by atoms with Crippen molar-refractivity contribution in [2.45, 2.75) is 40.5 Å². The molecule has 0 fully saturated rings. The summed E-state index contributed by atoms with van der Waals surface area (Å²) in [5.41, 5.74) is 4.88. The third-order valence-electron chi connectivity index (χ3n) is 4.13. The molecule has 0 atom stereocenters. The van der Waals surface area contributed by atoms with E-state index in [1.807, 2.05) is 43.8 Å². The molecule has 3 aromatic heterocycles. The second-order valence-electron chi connectivity index (χ2n) is 6.06. The van der Waals surface area contributed by atoms with Crippen molar-refractivity contribution in [3.05, 3.63) is 51.3 Å². The molecule has 0 aliphatic carbocycles. The van der Waals surface area contributed by atoms with Crippen molar-refractivity contribution in [2.75, 3.05) is 5.32 Å². The smallest absolute Gasteiger partial charge is 0.232 e. The van der Waals surface area contributed by atoms with Gasteiger partial charge in [0.2, 0.25) is 11.0 Å². The highest BCUT2D eigenvalue weighted by atomic mass is 32.1.